The topological polar surface area (TPSA) is 102 Å². The molecule has 2 heterocycles. The van der Waals surface area contributed by atoms with Gasteiger partial charge in [-0.1, -0.05) is 24.3 Å². The number of carbonyl (C=O) groups is 3. The van der Waals surface area contributed by atoms with Crippen molar-refractivity contribution >= 4 is 17.8 Å². The maximum absolute atomic E-state index is 12.9. The number of aryl methyl sites for hydroxylation is 1. The van der Waals surface area contributed by atoms with Crippen LogP contribution in [0.1, 0.15) is 27.9 Å². The molecule has 8 heteroatoms. The third-order valence-electron chi connectivity index (χ3n) is 4.42. The van der Waals surface area contributed by atoms with E-state index in [-0.39, 0.29) is 18.9 Å². The van der Waals surface area contributed by atoms with Crippen LogP contribution in [0.25, 0.3) is 0 Å². The van der Waals surface area contributed by atoms with Crippen LogP contribution in [0.4, 0.5) is 0 Å². The first kappa shape index (κ1) is 17.7. The van der Waals surface area contributed by atoms with Gasteiger partial charge in [-0.05, 0) is 11.1 Å². The average Bonchev–Trinajstić information content (AvgIpc) is 3.13. The van der Waals surface area contributed by atoms with Crippen LogP contribution in [-0.4, -0.2) is 50.8 Å². The first-order valence-electron chi connectivity index (χ1n) is 8.19. The zero-order chi connectivity index (χ0) is 18.7. The van der Waals surface area contributed by atoms with Crippen LogP contribution < -0.4 is 0 Å². The van der Waals surface area contributed by atoms with Crippen LogP contribution in [0.15, 0.2) is 36.7 Å². The van der Waals surface area contributed by atoms with E-state index in [2.05, 4.69) is 5.10 Å². The van der Waals surface area contributed by atoms with E-state index in [1.54, 1.807) is 0 Å². The number of ether oxygens (including phenoxy) is 1. The number of carboxylic acid groups (broad SMARTS) is 1. The highest BCUT2D eigenvalue weighted by Crippen LogP contribution is 2.25. The molecule has 0 bridgehead atoms. The van der Waals surface area contributed by atoms with Crippen molar-refractivity contribution < 1.29 is 24.2 Å². The molecule has 1 aromatic carbocycles. The number of esters is 1. The Morgan fingerprint density at radius 3 is 2.69 bits per heavy atom. The number of hydrogen-bond donors (Lipinski definition) is 1. The molecule has 0 spiro atoms. The molecule has 0 saturated carbocycles. The van der Waals surface area contributed by atoms with Gasteiger partial charge >= 0.3 is 11.9 Å². The van der Waals surface area contributed by atoms with Crippen molar-refractivity contribution in [3.05, 3.63) is 53.3 Å². The SMILES string of the molecule is COC(=O)C1Cc2ccccc2CN1C(=O)c1cnn(CCC(=O)O)c1. The largest absolute Gasteiger partial charge is 0.481 e. The molecule has 0 aliphatic carbocycles. The van der Waals surface area contributed by atoms with Gasteiger partial charge in [0, 0.05) is 19.2 Å². The van der Waals surface area contributed by atoms with Gasteiger partial charge in [-0.25, -0.2) is 4.79 Å². The molecule has 0 saturated heterocycles. The zero-order valence-corrected chi connectivity index (χ0v) is 14.3. The standard InChI is InChI=1S/C18H19N3O5/c1-26-18(25)15-8-12-4-2-3-5-13(12)11-21(15)17(24)14-9-19-20(10-14)7-6-16(22)23/h2-5,9-10,15H,6-8,11H2,1H3,(H,22,23). The molecule has 1 aromatic heterocycles. The average molecular weight is 357 g/mol. The molecular weight excluding hydrogens is 338 g/mol. The van der Waals surface area contributed by atoms with Crippen molar-refractivity contribution in [2.24, 2.45) is 0 Å². The first-order valence-corrected chi connectivity index (χ1v) is 8.19. The molecule has 26 heavy (non-hydrogen) atoms. The molecule has 3 rings (SSSR count). The number of nitrogens with zero attached hydrogens (tertiary/aromatic N) is 3. The predicted octanol–water partition coefficient (Wildman–Crippen LogP) is 1.10. The minimum absolute atomic E-state index is 0.0861. The van der Waals surface area contributed by atoms with E-state index in [0.29, 0.717) is 18.5 Å². The highest BCUT2D eigenvalue weighted by atomic mass is 16.5. The molecule has 1 aliphatic heterocycles. The molecule has 1 unspecified atom stereocenters. The molecule has 0 fully saturated rings. The minimum atomic E-state index is -0.938. The zero-order valence-electron chi connectivity index (χ0n) is 14.3. The van der Waals surface area contributed by atoms with Crippen LogP contribution in [0, 0.1) is 0 Å². The number of benzene rings is 1. The lowest BCUT2D eigenvalue weighted by atomic mass is 9.93. The fraction of sp³-hybridized carbons (Fsp3) is 0.333. The van der Waals surface area contributed by atoms with Gasteiger partial charge in [0.05, 0.1) is 31.8 Å². The summed E-state index contributed by atoms with van der Waals surface area (Å²) in [6.45, 7) is 0.473. The highest BCUT2D eigenvalue weighted by molar-refractivity contribution is 5.96. The summed E-state index contributed by atoms with van der Waals surface area (Å²) < 4.78 is 6.28. The molecule has 1 aliphatic rings. The van der Waals surface area contributed by atoms with E-state index in [9.17, 15) is 14.4 Å². The molecule has 1 N–H and O–H groups in total. The number of methoxy groups -OCH3 is 1. The van der Waals surface area contributed by atoms with Gasteiger partial charge in [-0.15, -0.1) is 0 Å². The lowest BCUT2D eigenvalue weighted by Crippen LogP contribution is -2.49. The number of aromatic nitrogens is 2. The van der Waals surface area contributed by atoms with Crippen molar-refractivity contribution in [3.8, 4) is 0 Å². The van der Waals surface area contributed by atoms with Gasteiger partial charge in [0.25, 0.3) is 5.91 Å². The number of aliphatic carboxylic acids is 1. The fourth-order valence-electron chi connectivity index (χ4n) is 3.06. The monoisotopic (exact) mass is 357 g/mol. The summed E-state index contributed by atoms with van der Waals surface area (Å²) in [5, 5.41) is 12.8. The Morgan fingerprint density at radius 1 is 1.27 bits per heavy atom. The van der Waals surface area contributed by atoms with E-state index in [4.69, 9.17) is 9.84 Å². The Balaban J connectivity index is 1.84. The second-order valence-electron chi connectivity index (χ2n) is 6.08. The lowest BCUT2D eigenvalue weighted by molar-refractivity contribution is -0.146. The summed E-state index contributed by atoms with van der Waals surface area (Å²) in [6, 6.07) is 6.96. The van der Waals surface area contributed by atoms with Crippen molar-refractivity contribution in [1.82, 2.24) is 14.7 Å². The normalized spacial score (nSPS) is 16.0. The number of carboxylic acids is 1. The van der Waals surface area contributed by atoms with Gasteiger partial charge in [0.1, 0.15) is 6.04 Å². The summed E-state index contributed by atoms with van der Waals surface area (Å²) in [7, 11) is 1.30. The van der Waals surface area contributed by atoms with Crippen LogP contribution in [-0.2, 0) is 33.8 Å². The number of fused-ring (bicyclic) bond motifs is 1. The summed E-state index contributed by atoms with van der Waals surface area (Å²) >= 11 is 0. The van der Waals surface area contributed by atoms with Crippen molar-refractivity contribution in [2.45, 2.75) is 32.0 Å². The summed E-state index contributed by atoms with van der Waals surface area (Å²) in [5.74, 6) is -1.74. The second kappa shape index (κ2) is 7.38. The van der Waals surface area contributed by atoms with Crippen molar-refractivity contribution in [3.63, 3.8) is 0 Å². The smallest absolute Gasteiger partial charge is 0.328 e. The van der Waals surface area contributed by atoms with Crippen LogP contribution in [0.3, 0.4) is 0 Å². The van der Waals surface area contributed by atoms with Crippen molar-refractivity contribution in [2.75, 3.05) is 7.11 Å². The van der Waals surface area contributed by atoms with Gasteiger partial charge in [0.15, 0.2) is 0 Å². The Bertz CT molecular complexity index is 845. The molecule has 0 radical (unpaired) electrons. The first-order chi connectivity index (χ1) is 12.5. The number of rotatable bonds is 5. The second-order valence-corrected chi connectivity index (χ2v) is 6.08. The van der Waals surface area contributed by atoms with E-state index >= 15 is 0 Å². The van der Waals surface area contributed by atoms with Crippen LogP contribution >= 0.6 is 0 Å². The molecular formula is C18H19N3O5. The molecule has 1 amide bonds. The molecule has 136 valence electrons. The number of carbonyl (C=O) groups excluding carboxylic acids is 2. The summed E-state index contributed by atoms with van der Waals surface area (Å²) in [5.41, 5.74) is 2.31. The van der Waals surface area contributed by atoms with Gasteiger partial charge in [-0.3, -0.25) is 14.3 Å². The summed E-state index contributed by atoms with van der Waals surface area (Å²) in [4.78, 5) is 37.3. The highest BCUT2D eigenvalue weighted by Gasteiger charge is 2.36. The lowest BCUT2D eigenvalue weighted by Gasteiger charge is -2.34. The van der Waals surface area contributed by atoms with E-state index in [1.165, 1.54) is 29.1 Å². The maximum Gasteiger partial charge on any atom is 0.328 e. The Morgan fingerprint density at radius 2 is 2.00 bits per heavy atom. The Labute approximate surface area is 150 Å². The third-order valence-corrected chi connectivity index (χ3v) is 4.42. The van der Waals surface area contributed by atoms with Gasteiger partial charge in [-0.2, -0.15) is 5.10 Å². The number of amides is 1. The maximum atomic E-state index is 12.9. The fourth-order valence-corrected chi connectivity index (χ4v) is 3.06. The minimum Gasteiger partial charge on any atom is -0.481 e. The van der Waals surface area contributed by atoms with E-state index < -0.39 is 18.0 Å². The molecule has 1 atom stereocenters. The molecule has 2 aromatic rings. The van der Waals surface area contributed by atoms with Crippen LogP contribution in [0.5, 0.6) is 0 Å². The van der Waals surface area contributed by atoms with Gasteiger partial charge in [0.2, 0.25) is 0 Å². The quantitative estimate of drug-likeness (QED) is 0.804. The summed E-state index contributed by atoms with van der Waals surface area (Å²) in [6.07, 6.45) is 3.19. The number of hydrogen-bond acceptors (Lipinski definition) is 5. The van der Waals surface area contributed by atoms with Crippen LogP contribution in [0.2, 0.25) is 0 Å². The Kier molecular flexibility index (Phi) is 5.01. The predicted molar refractivity (Wildman–Crippen MR) is 90.3 cm³/mol. The van der Waals surface area contributed by atoms with Gasteiger partial charge < -0.3 is 14.7 Å². The molecule has 8 nitrogen and oxygen atoms in total. The Hall–Kier alpha value is -3.16. The van der Waals surface area contributed by atoms with E-state index in [1.807, 2.05) is 24.3 Å². The van der Waals surface area contributed by atoms with Crippen molar-refractivity contribution in [1.29, 1.82) is 0 Å². The third kappa shape index (κ3) is 3.58. The van der Waals surface area contributed by atoms with E-state index in [0.717, 1.165) is 11.1 Å².